The molecule has 0 saturated carbocycles. The number of anilines is 1. The monoisotopic (exact) mass is 483 g/mol. The molecule has 0 aromatic heterocycles. The number of phenols is 1. The van der Waals surface area contributed by atoms with E-state index in [1.54, 1.807) is 43.5 Å². The maximum absolute atomic E-state index is 12.9. The van der Waals surface area contributed by atoms with Crippen LogP contribution in [-0.2, 0) is 24.6 Å². The second kappa shape index (κ2) is 8.20. The summed E-state index contributed by atoms with van der Waals surface area (Å²) in [4.78, 5) is 12.9. The van der Waals surface area contributed by atoms with Crippen molar-refractivity contribution in [3.63, 3.8) is 0 Å². The highest BCUT2D eigenvalue weighted by molar-refractivity contribution is 6.00. The zero-order valence-electron chi connectivity index (χ0n) is 20.8. The standard InChI is InChI=1S/C27H33NO7/c1-25(2)12-13-26(3,34-14-25)22-21(35-22)17-10-11-18-19(20(17)29)27(31,23(33-5)24(30)28-18)15-6-8-16(32-4)9-7-15/h6-11,21-23,29,31H,12-14H2,1-5H3,(H,28,30). The zero-order valence-corrected chi connectivity index (χ0v) is 20.8. The average Bonchev–Trinajstić information content (AvgIpc) is 3.63. The second-order valence-corrected chi connectivity index (χ2v) is 10.8. The van der Waals surface area contributed by atoms with Gasteiger partial charge in [-0.3, -0.25) is 4.79 Å². The Morgan fingerprint density at radius 1 is 1.06 bits per heavy atom. The van der Waals surface area contributed by atoms with Gasteiger partial charge in [0.15, 0.2) is 11.7 Å². The Hall–Kier alpha value is -2.65. The van der Waals surface area contributed by atoms with Crippen molar-refractivity contribution in [1.29, 1.82) is 0 Å². The maximum atomic E-state index is 12.9. The van der Waals surface area contributed by atoms with Gasteiger partial charge < -0.3 is 34.5 Å². The predicted octanol–water partition coefficient (Wildman–Crippen LogP) is 3.64. The van der Waals surface area contributed by atoms with Crippen molar-refractivity contribution in [1.82, 2.24) is 0 Å². The largest absolute Gasteiger partial charge is 0.507 e. The fourth-order valence-electron chi connectivity index (χ4n) is 5.39. The molecule has 0 bridgehead atoms. The Morgan fingerprint density at radius 3 is 2.37 bits per heavy atom. The number of ether oxygens (including phenoxy) is 4. The highest BCUT2D eigenvalue weighted by atomic mass is 16.6. The Balaban J connectivity index is 1.55. The molecule has 188 valence electrons. The Kier molecular flexibility index (Phi) is 5.64. The van der Waals surface area contributed by atoms with Crippen LogP contribution in [0.15, 0.2) is 36.4 Å². The van der Waals surface area contributed by atoms with Crippen LogP contribution in [0, 0.1) is 5.41 Å². The number of aromatic hydroxyl groups is 1. The number of benzene rings is 2. The molecule has 2 aromatic rings. The number of epoxide rings is 1. The minimum absolute atomic E-state index is 0.125. The number of nitrogens with one attached hydrogen (secondary N) is 1. The minimum Gasteiger partial charge on any atom is -0.507 e. The van der Waals surface area contributed by atoms with Crippen LogP contribution < -0.4 is 10.1 Å². The van der Waals surface area contributed by atoms with E-state index in [0.29, 0.717) is 29.2 Å². The molecule has 1 amide bonds. The van der Waals surface area contributed by atoms with Crippen LogP contribution in [0.5, 0.6) is 11.5 Å². The topological polar surface area (TPSA) is 110 Å². The summed E-state index contributed by atoms with van der Waals surface area (Å²) in [5.41, 5.74) is -0.830. The van der Waals surface area contributed by atoms with Gasteiger partial charge in [0, 0.05) is 12.7 Å². The molecule has 0 radical (unpaired) electrons. The van der Waals surface area contributed by atoms with Crippen molar-refractivity contribution < 1.29 is 34.0 Å². The first-order valence-electron chi connectivity index (χ1n) is 11.9. The number of hydrogen-bond donors (Lipinski definition) is 3. The number of carbonyl (C=O) groups excluding carboxylic acids is 1. The van der Waals surface area contributed by atoms with Crippen molar-refractivity contribution in [3.8, 4) is 11.5 Å². The van der Waals surface area contributed by atoms with E-state index < -0.39 is 23.2 Å². The predicted molar refractivity (Wildman–Crippen MR) is 129 cm³/mol. The van der Waals surface area contributed by atoms with E-state index >= 15 is 0 Å². The van der Waals surface area contributed by atoms with E-state index in [9.17, 15) is 15.0 Å². The number of phenolic OH excluding ortho intramolecular Hbond substituents is 1. The van der Waals surface area contributed by atoms with Gasteiger partial charge in [-0.2, -0.15) is 0 Å². The van der Waals surface area contributed by atoms with Gasteiger partial charge in [0.05, 0.1) is 30.6 Å². The third-order valence-electron chi connectivity index (χ3n) is 7.72. The molecule has 3 heterocycles. The highest BCUT2D eigenvalue weighted by Crippen LogP contribution is 2.56. The lowest BCUT2D eigenvalue weighted by Gasteiger charge is -2.41. The quantitative estimate of drug-likeness (QED) is 0.557. The Labute approximate surface area is 205 Å². The van der Waals surface area contributed by atoms with Crippen LogP contribution in [0.25, 0.3) is 0 Å². The van der Waals surface area contributed by atoms with Crippen LogP contribution in [0.4, 0.5) is 5.69 Å². The molecule has 3 N–H and O–H groups in total. The molecule has 2 fully saturated rings. The average molecular weight is 484 g/mol. The molecule has 5 atom stereocenters. The molecule has 5 unspecified atom stereocenters. The number of aliphatic hydroxyl groups is 1. The normalized spacial score (nSPS) is 33.5. The van der Waals surface area contributed by atoms with E-state index in [2.05, 4.69) is 26.1 Å². The first-order chi connectivity index (χ1) is 16.5. The molecule has 0 spiro atoms. The summed E-state index contributed by atoms with van der Waals surface area (Å²) in [6.45, 7) is 7.07. The fourth-order valence-corrected chi connectivity index (χ4v) is 5.39. The van der Waals surface area contributed by atoms with Crippen molar-refractivity contribution in [3.05, 3.63) is 53.1 Å². The third-order valence-corrected chi connectivity index (χ3v) is 7.72. The summed E-state index contributed by atoms with van der Waals surface area (Å²) < 4.78 is 23.0. The Bertz CT molecular complexity index is 1130. The molecular formula is C27H33NO7. The zero-order chi connectivity index (χ0) is 25.2. The molecular weight excluding hydrogens is 450 g/mol. The summed E-state index contributed by atoms with van der Waals surface area (Å²) in [7, 11) is 2.90. The number of rotatable bonds is 5. The van der Waals surface area contributed by atoms with Crippen molar-refractivity contribution in [2.45, 2.75) is 63.1 Å². The number of amides is 1. The van der Waals surface area contributed by atoms with E-state index in [1.807, 2.05) is 0 Å². The van der Waals surface area contributed by atoms with Gasteiger partial charge in [-0.25, -0.2) is 0 Å². The molecule has 35 heavy (non-hydrogen) atoms. The highest BCUT2D eigenvalue weighted by Gasteiger charge is 2.58. The van der Waals surface area contributed by atoms with Crippen LogP contribution in [0.1, 0.15) is 56.4 Å². The molecule has 3 aliphatic heterocycles. The lowest BCUT2D eigenvalue weighted by atomic mass is 9.76. The maximum Gasteiger partial charge on any atom is 0.257 e. The number of methoxy groups -OCH3 is 2. The molecule has 3 aliphatic rings. The lowest BCUT2D eigenvalue weighted by Crippen LogP contribution is -2.52. The summed E-state index contributed by atoms with van der Waals surface area (Å²) >= 11 is 0. The van der Waals surface area contributed by atoms with Gasteiger partial charge >= 0.3 is 0 Å². The lowest BCUT2D eigenvalue weighted by molar-refractivity contribution is -0.142. The number of carbonyl (C=O) groups is 1. The first-order valence-corrected chi connectivity index (χ1v) is 11.9. The van der Waals surface area contributed by atoms with E-state index in [0.717, 1.165) is 12.8 Å². The molecule has 8 nitrogen and oxygen atoms in total. The van der Waals surface area contributed by atoms with Gasteiger partial charge in [0.25, 0.3) is 5.91 Å². The van der Waals surface area contributed by atoms with Crippen molar-refractivity contribution in [2.75, 3.05) is 26.1 Å². The molecule has 2 saturated heterocycles. The van der Waals surface area contributed by atoms with Crippen LogP contribution in [0.3, 0.4) is 0 Å². The van der Waals surface area contributed by atoms with Gasteiger partial charge in [-0.15, -0.1) is 0 Å². The van der Waals surface area contributed by atoms with Crippen molar-refractivity contribution >= 4 is 11.6 Å². The van der Waals surface area contributed by atoms with E-state index in [4.69, 9.17) is 18.9 Å². The second-order valence-electron chi connectivity index (χ2n) is 10.8. The molecule has 5 rings (SSSR count). The van der Waals surface area contributed by atoms with Crippen LogP contribution in [0.2, 0.25) is 0 Å². The minimum atomic E-state index is -1.93. The first kappa shape index (κ1) is 24.1. The van der Waals surface area contributed by atoms with Gasteiger partial charge in [0.2, 0.25) is 0 Å². The number of hydrogen-bond acceptors (Lipinski definition) is 7. The molecule has 2 aromatic carbocycles. The Morgan fingerprint density at radius 2 is 1.77 bits per heavy atom. The van der Waals surface area contributed by atoms with Crippen LogP contribution >= 0.6 is 0 Å². The van der Waals surface area contributed by atoms with Crippen LogP contribution in [-0.4, -0.2) is 54.8 Å². The fraction of sp³-hybridized carbons (Fsp3) is 0.519. The molecule has 8 heteroatoms. The summed E-state index contributed by atoms with van der Waals surface area (Å²) in [6.07, 6.45) is -0.00432. The van der Waals surface area contributed by atoms with Gasteiger partial charge in [0.1, 0.15) is 23.7 Å². The molecule has 0 aliphatic carbocycles. The smallest absolute Gasteiger partial charge is 0.257 e. The SMILES string of the molecule is COc1ccc(C2(O)c3c(ccc(C4OC4C4(C)CCC(C)(C)CO4)c3O)NC(=O)C2OC)cc1. The van der Waals surface area contributed by atoms with E-state index in [-0.39, 0.29) is 28.9 Å². The van der Waals surface area contributed by atoms with Gasteiger partial charge in [-0.1, -0.05) is 32.0 Å². The summed E-state index contributed by atoms with van der Waals surface area (Å²) in [6, 6.07) is 10.1. The summed E-state index contributed by atoms with van der Waals surface area (Å²) in [5.74, 6) is -0.0326. The third kappa shape index (κ3) is 3.80. The van der Waals surface area contributed by atoms with E-state index in [1.165, 1.54) is 7.11 Å². The van der Waals surface area contributed by atoms with Gasteiger partial charge in [-0.05, 0) is 48.9 Å². The summed E-state index contributed by atoms with van der Waals surface area (Å²) in [5, 5.41) is 26.3. The van der Waals surface area contributed by atoms with Crippen molar-refractivity contribution in [2.24, 2.45) is 5.41 Å². The number of fused-ring (bicyclic) bond motifs is 1.